The number of hydrogen-bond acceptors (Lipinski definition) is 0. The van der Waals surface area contributed by atoms with Crippen LogP contribution in [-0.2, 0) is 0 Å². The third kappa shape index (κ3) is 6.88. The van der Waals surface area contributed by atoms with Crippen molar-refractivity contribution < 1.29 is 0 Å². The van der Waals surface area contributed by atoms with Gasteiger partial charge < -0.3 is 0 Å². The lowest BCUT2D eigenvalue weighted by molar-refractivity contribution is 1.57. The van der Waals surface area contributed by atoms with Gasteiger partial charge in [0.2, 0.25) is 0 Å². The summed E-state index contributed by atoms with van der Waals surface area (Å²) >= 11 is 0. The third-order valence-electron chi connectivity index (χ3n) is 12.3. The van der Waals surface area contributed by atoms with Gasteiger partial charge in [0, 0.05) is 0 Å². The molecule has 0 saturated carbocycles. The minimum Gasteiger partial charge on any atom is -0.0622 e. The Morgan fingerprint density at radius 2 is 0.548 bits per heavy atom. The van der Waals surface area contributed by atoms with Gasteiger partial charge in [-0.1, -0.05) is 243 Å². The van der Waals surface area contributed by atoms with Gasteiger partial charge in [0.05, 0.1) is 0 Å². The van der Waals surface area contributed by atoms with Crippen molar-refractivity contribution in [3.8, 4) is 22.3 Å². The van der Waals surface area contributed by atoms with E-state index in [0.29, 0.717) is 0 Å². The summed E-state index contributed by atoms with van der Waals surface area (Å²) in [6.45, 7) is 0. The molecule has 0 radical (unpaired) electrons. The summed E-state index contributed by atoms with van der Waals surface area (Å²) in [4.78, 5) is 0. The van der Waals surface area contributed by atoms with Gasteiger partial charge in [-0.15, -0.1) is 0 Å². The predicted molar refractivity (Wildman–Crippen MR) is 267 cm³/mol. The maximum absolute atomic E-state index is 2.32. The molecule has 0 nitrogen and oxygen atoms in total. The lowest BCUT2D eigenvalue weighted by Gasteiger charge is -2.19. The van der Waals surface area contributed by atoms with E-state index < -0.39 is 0 Å². The second-order valence-electron chi connectivity index (χ2n) is 16.0. The van der Waals surface area contributed by atoms with Crippen LogP contribution in [0.5, 0.6) is 0 Å². The molecule has 0 aromatic heterocycles. The predicted octanol–water partition coefficient (Wildman–Crippen LogP) is 16.8. The average molecular weight is 787 g/mol. The van der Waals surface area contributed by atoms with Crippen LogP contribution in [0.1, 0.15) is 33.4 Å². The topological polar surface area (TPSA) is 0 Å². The number of rotatable bonds is 8. The molecular formula is C62H42. The van der Waals surface area contributed by atoms with E-state index in [2.05, 4.69) is 255 Å². The second kappa shape index (κ2) is 16.2. The van der Waals surface area contributed by atoms with E-state index >= 15 is 0 Å². The molecule has 0 heterocycles. The third-order valence-corrected chi connectivity index (χ3v) is 12.3. The Morgan fingerprint density at radius 1 is 0.242 bits per heavy atom. The summed E-state index contributed by atoms with van der Waals surface area (Å²) in [5, 5.41) is 9.95. The molecule has 11 aromatic carbocycles. The van der Waals surface area contributed by atoms with Gasteiger partial charge in [-0.25, -0.2) is 0 Å². The molecule has 0 aliphatic carbocycles. The molecule has 0 bridgehead atoms. The Morgan fingerprint density at radius 3 is 0.919 bits per heavy atom. The quantitative estimate of drug-likeness (QED) is 0.106. The highest BCUT2D eigenvalue weighted by Gasteiger charge is 2.18. The van der Waals surface area contributed by atoms with Gasteiger partial charge >= 0.3 is 0 Å². The van der Waals surface area contributed by atoms with Gasteiger partial charge in [-0.05, 0) is 122 Å². The van der Waals surface area contributed by atoms with E-state index in [1.54, 1.807) is 0 Å². The van der Waals surface area contributed by atoms with E-state index in [4.69, 9.17) is 0 Å². The Balaban J connectivity index is 1.04. The normalized spacial score (nSPS) is 12.1. The van der Waals surface area contributed by atoms with Gasteiger partial charge in [-0.2, -0.15) is 0 Å². The highest BCUT2D eigenvalue weighted by molar-refractivity contribution is 6.21. The Labute approximate surface area is 363 Å². The second-order valence-corrected chi connectivity index (χ2v) is 16.0. The first-order valence-electron chi connectivity index (χ1n) is 21.4. The molecule has 0 spiro atoms. The highest BCUT2D eigenvalue weighted by atomic mass is 14.2. The zero-order chi connectivity index (χ0) is 41.2. The van der Waals surface area contributed by atoms with Gasteiger partial charge in [0.15, 0.2) is 0 Å². The standard InChI is InChI=1S/C62H42/c1-3-17-43(18-4-1)41-59(53-31-15-23-45-21-7-9-25-51(45)53)47-33-37-49(38-34-47)61-55-27-11-13-29-57(55)62(58-30-14-12-28-56(58)61)50-39-35-48(36-40-50)60(42-44-19-5-2-6-20-44)54-32-16-24-46-22-8-10-26-52(46)54/h1-42H. The number of fused-ring (bicyclic) bond motifs is 4. The molecule has 0 amide bonds. The fourth-order valence-corrected chi connectivity index (χ4v) is 9.37. The summed E-state index contributed by atoms with van der Waals surface area (Å²) in [6, 6.07) is 88.2. The van der Waals surface area contributed by atoms with E-state index in [1.807, 2.05) is 0 Å². The summed E-state index contributed by atoms with van der Waals surface area (Å²) in [5.74, 6) is 0. The summed E-state index contributed by atoms with van der Waals surface area (Å²) in [7, 11) is 0. The molecule has 0 saturated heterocycles. The van der Waals surface area contributed by atoms with Gasteiger partial charge in [0.25, 0.3) is 0 Å². The maximum Gasteiger partial charge on any atom is -0.00264 e. The van der Waals surface area contributed by atoms with Crippen LogP contribution in [0.25, 0.3) is 88.6 Å². The SMILES string of the molecule is C(=C(c1ccc(-c2c3ccccc3c(-c3ccc(C(=Cc4ccccc4)c4cccc5ccccc45)cc3)c3ccccc23)cc1)c1cccc2ccccc12)c1ccccc1. The molecule has 290 valence electrons. The molecule has 0 N–H and O–H groups in total. The van der Waals surface area contributed by atoms with E-state index in [1.165, 1.54) is 110 Å². The van der Waals surface area contributed by atoms with Crippen LogP contribution in [-0.4, -0.2) is 0 Å². The van der Waals surface area contributed by atoms with Crippen molar-refractivity contribution in [3.05, 3.63) is 276 Å². The Bertz CT molecular complexity index is 3160. The van der Waals surface area contributed by atoms with E-state index in [9.17, 15) is 0 Å². The van der Waals surface area contributed by atoms with Crippen molar-refractivity contribution in [3.63, 3.8) is 0 Å². The molecule has 0 fully saturated rings. The molecule has 0 atom stereocenters. The van der Waals surface area contributed by atoms with Crippen molar-refractivity contribution in [1.29, 1.82) is 0 Å². The average Bonchev–Trinajstić information content (AvgIpc) is 3.35. The Kier molecular flexibility index (Phi) is 9.65. The molecule has 0 heteroatoms. The van der Waals surface area contributed by atoms with Gasteiger partial charge in [-0.3, -0.25) is 0 Å². The fourth-order valence-electron chi connectivity index (χ4n) is 9.37. The first kappa shape index (κ1) is 37.0. The molecule has 11 aromatic rings. The van der Waals surface area contributed by atoms with Crippen LogP contribution in [0.15, 0.2) is 243 Å². The maximum atomic E-state index is 2.32. The lowest BCUT2D eigenvalue weighted by atomic mass is 9.84. The zero-order valence-corrected chi connectivity index (χ0v) is 34.2. The molecule has 0 aliphatic heterocycles. The number of hydrogen-bond donors (Lipinski definition) is 0. The first-order valence-corrected chi connectivity index (χ1v) is 21.4. The fraction of sp³-hybridized carbons (Fsp3) is 0. The monoisotopic (exact) mass is 786 g/mol. The van der Waals surface area contributed by atoms with Crippen molar-refractivity contribution in [2.45, 2.75) is 0 Å². The lowest BCUT2D eigenvalue weighted by Crippen LogP contribution is -1.94. The Hall–Kier alpha value is -8.06. The summed E-state index contributed by atoms with van der Waals surface area (Å²) in [6.07, 6.45) is 4.65. The van der Waals surface area contributed by atoms with Crippen LogP contribution in [0.2, 0.25) is 0 Å². The van der Waals surface area contributed by atoms with Crippen molar-refractivity contribution in [2.75, 3.05) is 0 Å². The molecule has 0 unspecified atom stereocenters. The minimum absolute atomic E-state index is 1.18. The molecule has 62 heavy (non-hydrogen) atoms. The highest BCUT2D eigenvalue weighted by Crippen LogP contribution is 2.45. The molecular weight excluding hydrogens is 745 g/mol. The first-order chi connectivity index (χ1) is 30.8. The molecule has 0 aliphatic rings. The summed E-state index contributed by atoms with van der Waals surface area (Å²) < 4.78 is 0. The smallest absolute Gasteiger partial charge is 0.00264 e. The minimum atomic E-state index is 1.18. The molecule has 11 rings (SSSR count). The largest absolute Gasteiger partial charge is 0.0622 e. The van der Waals surface area contributed by atoms with Crippen LogP contribution >= 0.6 is 0 Å². The zero-order valence-electron chi connectivity index (χ0n) is 34.2. The number of benzene rings is 11. The van der Waals surface area contributed by atoms with Gasteiger partial charge in [0.1, 0.15) is 0 Å². The summed E-state index contributed by atoms with van der Waals surface area (Å²) in [5.41, 5.74) is 14.5. The van der Waals surface area contributed by atoms with Crippen molar-refractivity contribution in [2.24, 2.45) is 0 Å². The van der Waals surface area contributed by atoms with Crippen LogP contribution < -0.4 is 0 Å². The van der Waals surface area contributed by atoms with Crippen LogP contribution in [0.4, 0.5) is 0 Å². The van der Waals surface area contributed by atoms with Crippen LogP contribution in [0, 0.1) is 0 Å². The van der Waals surface area contributed by atoms with Crippen molar-refractivity contribution in [1.82, 2.24) is 0 Å². The van der Waals surface area contributed by atoms with E-state index in [0.717, 1.165) is 0 Å². The van der Waals surface area contributed by atoms with Crippen LogP contribution in [0.3, 0.4) is 0 Å². The van der Waals surface area contributed by atoms with E-state index in [-0.39, 0.29) is 0 Å². The van der Waals surface area contributed by atoms with Crippen molar-refractivity contribution >= 4 is 66.4 Å².